The van der Waals surface area contributed by atoms with E-state index in [9.17, 15) is 26.9 Å². The Morgan fingerprint density at radius 1 is 0.833 bits per heavy atom. The molecule has 0 spiro atoms. The highest BCUT2D eigenvalue weighted by atomic mass is 32.2. The van der Waals surface area contributed by atoms with Crippen molar-refractivity contribution in [3.63, 3.8) is 0 Å². The summed E-state index contributed by atoms with van der Waals surface area (Å²) in [4.78, 5) is 14.7. The van der Waals surface area contributed by atoms with Crippen LogP contribution in [-0.2, 0) is 20.0 Å². The molecule has 0 unspecified atom stereocenters. The van der Waals surface area contributed by atoms with Crippen LogP contribution in [0.5, 0.6) is 0 Å². The van der Waals surface area contributed by atoms with E-state index in [0.29, 0.717) is 30.5 Å². The third kappa shape index (κ3) is 5.18. The molecule has 1 amide bonds. The minimum absolute atomic E-state index is 0.0402. The highest BCUT2D eigenvalue weighted by Crippen LogP contribution is 2.27. The number of nitrogens with zero attached hydrogens (tertiary/aromatic N) is 4. The average molecular weight is 531 g/mol. The van der Waals surface area contributed by atoms with Gasteiger partial charge >= 0.3 is 0 Å². The number of benzene rings is 2. The molecule has 2 heterocycles. The summed E-state index contributed by atoms with van der Waals surface area (Å²) in [5.74, 6) is 0.300. The lowest BCUT2D eigenvalue weighted by Crippen LogP contribution is -2.50. The van der Waals surface area contributed by atoms with Crippen LogP contribution in [-0.4, -0.2) is 75.5 Å². The molecular weight excluding hydrogens is 500 g/mol. The molecule has 0 bridgehead atoms. The first-order valence-electron chi connectivity index (χ1n) is 11.9. The Bertz CT molecular complexity index is 1370. The van der Waals surface area contributed by atoms with Crippen molar-refractivity contribution in [3.8, 4) is 6.07 Å². The van der Waals surface area contributed by atoms with E-state index in [1.54, 1.807) is 17.0 Å². The van der Waals surface area contributed by atoms with E-state index >= 15 is 0 Å². The van der Waals surface area contributed by atoms with Gasteiger partial charge in [-0.2, -0.15) is 13.9 Å². The van der Waals surface area contributed by atoms with Crippen LogP contribution in [0.4, 0.5) is 0 Å². The van der Waals surface area contributed by atoms with Gasteiger partial charge in [0.2, 0.25) is 20.0 Å². The average Bonchev–Trinajstić information content (AvgIpc) is 2.87. The van der Waals surface area contributed by atoms with E-state index in [0.717, 1.165) is 6.42 Å². The van der Waals surface area contributed by atoms with Gasteiger partial charge < -0.3 is 4.90 Å². The second kappa shape index (κ2) is 10.3. The first kappa shape index (κ1) is 26.3. The molecule has 0 radical (unpaired) electrons. The molecule has 192 valence electrons. The Balaban J connectivity index is 1.42. The fourth-order valence-corrected chi connectivity index (χ4v) is 8.20. The quantitative estimate of drug-likeness (QED) is 0.586. The fraction of sp³-hybridized carbons (Fsp3) is 0.440. The van der Waals surface area contributed by atoms with Gasteiger partial charge in [0.25, 0.3) is 5.91 Å². The summed E-state index contributed by atoms with van der Waals surface area (Å²) in [5, 5.41) is 9.26. The predicted molar refractivity (Wildman–Crippen MR) is 134 cm³/mol. The molecule has 36 heavy (non-hydrogen) atoms. The number of amides is 1. The number of piperidine rings is 1. The molecule has 2 aromatic rings. The highest BCUT2D eigenvalue weighted by molar-refractivity contribution is 7.89. The summed E-state index contributed by atoms with van der Waals surface area (Å²) < 4.78 is 55.1. The van der Waals surface area contributed by atoms with Gasteiger partial charge in [-0.3, -0.25) is 4.79 Å². The molecule has 0 aliphatic carbocycles. The fourth-order valence-electron chi connectivity index (χ4n) is 4.96. The topological polar surface area (TPSA) is 119 Å². The zero-order valence-electron chi connectivity index (χ0n) is 20.4. The summed E-state index contributed by atoms with van der Waals surface area (Å²) >= 11 is 0. The van der Waals surface area contributed by atoms with Gasteiger partial charge in [0.05, 0.1) is 15.4 Å². The van der Waals surface area contributed by atoms with E-state index in [1.807, 2.05) is 19.9 Å². The molecule has 0 N–H and O–H groups in total. The summed E-state index contributed by atoms with van der Waals surface area (Å²) in [6.07, 6.45) is 0.999. The molecule has 2 atom stereocenters. The minimum Gasteiger partial charge on any atom is -0.336 e. The first-order valence-corrected chi connectivity index (χ1v) is 14.8. The van der Waals surface area contributed by atoms with Crippen molar-refractivity contribution in [2.24, 2.45) is 11.8 Å². The molecule has 4 rings (SSSR count). The third-order valence-electron chi connectivity index (χ3n) is 6.73. The van der Waals surface area contributed by atoms with Crippen molar-refractivity contribution in [2.75, 3.05) is 39.3 Å². The molecule has 2 aliphatic heterocycles. The van der Waals surface area contributed by atoms with Crippen molar-refractivity contribution in [2.45, 2.75) is 30.1 Å². The second-order valence-electron chi connectivity index (χ2n) is 9.60. The van der Waals surface area contributed by atoms with Gasteiger partial charge in [-0.1, -0.05) is 26.0 Å². The van der Waals surface area contributed by atoms with Crippen LogP contribution < -0.4 is 0 Å². The summed E-state index contributed by atoms with van der Waals surface area (Å²) in [6, 6.07) is 13.9. The normalized spacial score (nSPS) is 22.2. The van der Waals surface area contributed by atoms with E-state index in [1.165, 1.54) is 45.0 Å². The Hall–Kier alpha value is -2.78. The van der Waals surface area contributed by atoms with Gasteiger partial charge in [0, 0.05) is 44.8 Å². The van der Waals surface area contributed by atoms with Crippen LogP contribution in [0.3, 0.4) is 0 Å². The second-order valence-corrected chi connectivity index (χ2v) is 13.4. The van der Waals surface area contributed by atoms with Crippen molar-refractivity contribution in [1.82, 2.24) is 13.5 Å². The van der Waals surface area contributed by atoms with E-state index in [2.05, 4.69) is 0 Å². The number of carbonyl (C=O) groups excluding carboxylic acids is 1. The molecule has 0 saturated carbocycles. The summed E-state index contributed by atoms with van der Waals surface area (Å²) in [5.41, 5.74) is 0.431. The molecule has 2 aromatic carbocycles. The summed E-state index contributed by atoms with van der Waals surface area (Å²) in [7, 11) is -7.50. The minimum atomic E-state index is -3.86. The highest BCUT2D eigenvalue weighted by Gasteiger charge is 2.33. The van der Waals surface area contributed by atoms with Crippen molar-refractivity contribution in [1.29, 1.82) is 5.26 Å². The monoisotopic (exact) mass is 530 g/mol. The van der Waals surface area contributed by atoms with Gasteiger partial charge in [0.1, 0.15) is 6.07 Å². The summed E-state index contributed by atoms with van der Waals surface area (Å²) in [6.45, 7) is 5.66. The number of rotatable bonds is 5. The smallest absolute Gasteiger partial charge is 0.253 e. The first-order chi connectivity index (χ1) is 17.0. The SMILES string of the molecule is C[C@@H]1C[C@H](C)CN(S(=O)(=O)c2ccc(C(=O)N3CCN(S(=O)(=O)c4ccccc4C#N)CC3)cc2)C1. The molecule has 2 fully saturated rings. The number of hydrogen-bond acceptors (Lipinski definition) is 6. The van der Waals surface area contributed by atoms with Gasteiger partial charge in [-0.15, -0.1) is 0 Å². The van der Waals surface area contributed by atoms with Crippen LogP contribution >= 0.6 is 0 Å². The molecular formula is C25H30N4O5S2. The Morgan fingerprint density at radius 2 is 1.42 bits per heavy atom. The maximum atomic E-state index is 13.1. The largest absolute Gasteiger partial charge is 0.336 e. The maximum Gasteiger partial charge on any atom is 0.253 e. The van der Waals surface area contributed by atoms with E-state index in [4.69, 9.17) is 0 Å². The van der Waals surface area contributed by atoms with Crippen molar-refractivity contribution in [3.05, 3.63) is 59.7 Å². The lowest BCUT2D eigenvalue weighted by atomic mass is 9.94. The number of nitriles is 1. The number of piperazine rings is 1. The predicted octanol–water partition coefficient (Wildman–Crippen LogP) is 2.37. The number of hydrogen-bond donors (Lipinski definition) is 0. The zero-order chi connectivity index (χ0) is 26.1. The molecule has 9 nitrogen and oxygen atoms in total. The Morgan fingerprint density at radius 3 is 2.00 bits per heavy atom. The lowest BCUT2D eigenvalue weighted by Gasteiger charge is -2.34. The molecule has 0 aromatic heterocycles. The van der Waals surface area contributed by atoms with Crippen molar-refractivity contribution >= 4 is 26.0 Å². The lowest BCUT2D eigenvalue weighted by molar-refractivity contribution is 0.0697. The standard InChI is InChI=1S/C25H30N4O5S2/c1-19-15-20(2)18-29(17-19)35(31,32)23-9-7-21(8-10-23)25(30)27-11-13-28(14-12-27)36(33,34)24-6-4-3-5-22(24)16-26/h3-10,19-20H,11-15,17-18H2,1-2H3/t19-,20+. The molecule has 2 saturated heterocycles. The van der Waals surface area contributed by atoms with Crippen molar-refractivity contribution < 1.29 is 21.6 Å². The van der Waals surface area contributed by atoms with Crippen LogP contribution in [0.15, 0.2) is 58.3 Å². The van der Waals surface area contributed by atoms with Gasteiger partial charge in [0.15, 0.2) is 0 Å². The third-order valence-corrected chi connectivity index (χ3v) is 10.5. The van der Waals surface area contributed by atoms with E-state index < -0.39 is 20.0 Å². The van der Waals surface area contributed by atoms with Crippen LogP contribution in [0.1, 0.15) is 36.2 Å². The molecule has 2 aliphatic rings. The number of sulfonamides is 2. The maximum absolute atomic E-state index is 13.1. The Labute approximate surface area is 213 Å². The van der Waals surface area contributed by atoms with Crippen LogP contribution in [0, 0.1) is 23.2 Å². The Kier molecular flexibility index (Phi) is 7.52. The number of carbonyl (C=O) groups is 1. The van der Waals surface area contributed by atoms with E-state index in [-0.39, 0.29) is 47.4 Å². The van der Waals surface area contributed by atoms with Crippen LogP contribution in [0.2, 0.25) is 0 Å². The van der Waals surface area contributed by atoms with Gasteiger partial charge in [-0.25, -0.2) is 16.8 Å². The zero-order valence-corrected chi connectivity index (χ0v) is 22.0. The van der Waals surface area contributed by atoms with Gasteiger partial charge in [-0.05, 0) is 54.7 Å². The molecule has 11 heteroatoms. The van der Waals surface area contributed by atoms with Crippen LogP contribution in [0.25, 0.3) is 0 Å².